The molecule has 5 atom stereocenters. The highest BCUT2D eigenvalue weighted by molar-refractivity contribution is 7.99. The number of imidazole rings is 1. The van der Waals surface area contributed by atoms with Gasteiger partial charge in [-0.15, -0.1) is 0 Å². The van der Waals surface area contributed by atoms with Gasteiger partial charge in [-0.25, -0.2) is 15.0 Å². The largest absolute Gasteiger partial charge is 0.387 e. The fourth-order valence-corrected chi connectivity index (χ4v) is 4.65. The molecule has 1 fully saturated rings. The number of aliphatic hydroxyl groups is 2. The van der Waals surface area contributed by atoms with Gasteiger partial charge in [0, 0.05) is 12.3 Å². The zero-order valence-electron chi connectivity index (χ0n) is 17.3. The van der Waals surface area contributed by atoms with Crippen LogP contribution >= 0.6 is 11.8 Å². The minimum absolute atomic E-state index is 0.464. The Kier molecular flexibility index (Phi) is 7.33. The SMILES string of the molecule is NC(C=O)CCSCC1OC(n2cnc3c(NCc4ccccc4)ncnc32)C(O)C1O. The molecule has 0 amide bonds. The van der Waals surface area contributed by atoms with Crippen LogP contribution in [-0.2, 0) is 16.1 Å². The lowest BCUT2D eigenvalue weighted by Gasteiger charge is -2.16. The van der Waals surface area contributed by atoms with Crippen LogP contribution < -0.4 is 11.1 Å². The van der Waals surface area contributed by atoms with Gasteiger partial charge in [0.2, 0.25) is 0 Å². The van der Waals surface area contributed by atoms with Crippen molar-refractivity contribution in [2.75, 3.05) is 16.8 Å². The van der Waals surface area contributed by atoms with Crippen molar-refractivity contribution in [3.8, 4) is 0 Å². The highest BCUT2D eigenvalue weighted by atomic mass is 32.2. The van der Waals surface area contributed by atoms with E-state index in [9.17, 15) is 15.0 Å². The molecule has 1 aliphatic rings. The van der Waals surface area contributed by atoms with E-state index in [0.717, 1.165) is 11.8 Å². The summed E-state index contributed by atoms with van der Waals surface area (Å²) in [6.45, 7) is 0.578. The van der Waals surface area contributed by atoms with Crippen LogP contribution in [0, 0.1) is 0 Å². The third kappa shape index (κ3) is 4.92. The van der Waals surface area contributed by atoms with E-state index in [-0.39, 0.29) is 0 Å². The number of hydrogen-bond donors (Lipinski definition) is 4. The van der Waals surface area contributed by atoms with Crippen molar-refractivity contribution in [3.05, 3.63) is 48.5 Å². The quantitative estimate of drug-likeness (QED) is 0.253. The zero-order valence-corrected chi connectivity index (χ0v) is 18.1. The van der Waals surface area contributed by atoms with E-state index in [0.29, 0.717) is 41.5 Å². The lowest BCUT2D eigenvalue weighted by atomic mass is 10.1. The molecule has 0 bridgehead atoms. The molecule has 5 N–H and O–H groups in total. The van der Waals surface area contributed by atoms with Crippen LogP contribution in [0.5, 0.6) is 0 Å². The van der Waals surface area contributed by atoms with Crippen molar-refractivity contribution in [2.24, 2.45) is 5.73 Å². The van der Waals surface area contributed by atoms with Crippen LogP contribution in [0.15, 0.2) is 43.0 Å². The molecule has 10 nitrogen and oxygen atoms in total. The lowest BCUT2D eigenvalue weighted by Crippen LogP contribution is -2.32. The van der Waals surface area contributed by atoms with Gasteiger partial charge in [0.1, 0.15) is 24.8 Å². The fourth-order valence-electron chi connectivity index (χ4n) is 3.53. The summed E-state index contributed by atoms with van der Waals surface area (Å²) < 4.78 is 7.58. The standard InChI is InChI=1S/C21H26N6O4S/c22-14(9-28)6-7-32-10-15-17(29)18(30)21(31-15)27-12-26-16-19(24-11-25-20(16)27)23-8-13-4-2-1-3-5-13/h1-5,9,11-12,14-15,17-18,21,29-30H,6-8,10,22H2,(H,23,24,25). The molecule has 1 aromatic carbocycles. The number of hydrogen-bond acceptors (Lipinski definition) is 10. The summed E-state index contributed by atoms with van der Waals surface area (Å²) in [5.41, 5.74) is 7.74. The molecule has 32 heavy (non-hydrogen) atoms. The third-order valence-electron chi connectivity index (χ3n) is 5.33. The molecule has 5 unspecified atom stereocenters. The average Bonchev–Trinajstić information content (AvgIpc) is 3.37. The van der Waals surface area contributed by atoms with E-state index in [1.54, 1.807) is 4.57 Å². The minimum atomic E-state index is -1.13. The van der Waals surface area contributed by atoms with Gasteiger partial charge < -0.3 is 30.8 Å². The molecular weight excluding hydrogens is 432 g/mol. The summed E-state index contributed by atoms with van der Waals surface area (Å²) in [6.07, 6.45) is 0.646. The second-order valence-electron chi connectivity index (χ2n) is 7.60. The first-order valence-corrected chi connectivity index (χ1v) is 11.5. The number of aliphatic hydroxyl groups excluding tert-OH is 2. The van der Waals surface area contributed by atoms with Gasteiger partial charge in [0.15, 0.2) is 23.2 Å². The molecule has 0 spiro atoms. The molecule has 11 heteroatoms. The number of benzene rings is 1. The van der Waals surface area contributed by atoms with Gasteiger partial charge in [0.25, 0.3) is 0 Å². The number of thioether (sulfide) groups is 1. The van der Waals surface area contributed by atoms with Gasteiger partial charge >= 0.3 is 0 Å². The highest BCUT2D eigenvalue weighted by Gasteiger charge is 2.44. The van der Waals surface area contributed by atoms with E-state index >= 15 is 0 Å². The maximum Gasteiger partial charge on any atom is 0.167 e. The average molecular weight is 459 g/mol. The fraction of sp³-hybridized carbons (Fsp3) is 0.429. The Morgan fingerprint density at radius 1 is 1.22 bits per heavy atom. The number of aldehydes is 1. The van der Waals surface area contributed by atoms with E-state index < -0.39 is 30.6 Å². The van der Waals surface area contributed by atoms with Crippen molar-refractivity contribution in [2.45, 2.75) is 43.5 Å². The maximum atomic E-state index is 10.6. The van der Waals surface area contributed by atoms with Crippen LogP contribution in [0.2, 0.25) is 0 Å². The maximum absolute atomic E-state index is 10.6. The molecule has 1 aliphatic heterocycles. The second-order valence-corrected chi connectivity index (χ2v) is 8.75. The highest BCUT2D eigenvalue weighted by Crippen LogP contribution is 2.33. The molecule has 0 saturated carbocycles. The Balaban J connectivity index is 1.44. The van der Waals surface area contributed by atoms with Crippen molar-refractivity contribution in [3.63, 3.8) is 0 Å². The first-order valence-electron chi connectivity index (χ1n) is 10.3. The summed E-state index contributed by atoms with van der Waals surface area (Å²) in [4.78, 5) is 23.6. The normalized spacial score (nSPS) is 24.0. The van der Waals surface area contributed by atoms with Gasteiger partial charge in [-0.3, -0.25) is 4.57 Å². The Morgan fingerprint density at radius 2 is 2.03 bits per heavy atom. The van der Waals surface area contributed by atoms with E-state index in [1.165, 1.54) is 24.4 Å². The number of aromatic nitrogens is 4. The Labute approximate surface area is 189 Å². The van der Waals surface area contributed by atoms with E-state index in [4.69, 9.17) is 10.5 Å². The summed E-state index contributed by atoms with van der Waals surface area (Å²) in [7, 11) is 0. The number of nitrogens with zero attached hydrogens (tertiary/aromatic N) is 4. The van der Waals surface area contributed by atoms with Crippen LogP contribution in [0.1, 0.15) is 18.2 Å². The summed E-state index contributed by atoms with van der Waals surface area (Å²) in [5, 5.41) is 24.3. The number of rotatable bonds is 10. The molecule has 170 valence electrons. The first kappa shape index (κ1) is 22.6. The first-order chi connectivity index (χ1) is 15.6. The number of nitrogens with two attached hydrogens (primary N) is 1. The van der Waals surface area contributed by atoms with Crippen molar-refractivity contribution in [1.29, 1.82) is 0 Å². The van der Waals surface area contributed by atoms with Crippen LogP contribution in [-0.4, -0.2) is 71.9 Å². The summed E-state index contributed by atoms with van der Waals surface area (Å²) in [6, 6.07) is 9.43. The summed E-state index contributed by atoms with van der Waals surface area (Å²) in [5.74, 6) is 1.70. The smallest absolute Gasteiger partial charge is 0.167 e. The van der Waals surface area contributed by atoms with E-state index in [2.05, 4.69) is 20.3 Å². The van der Waals surface area contributed by atoms with Gasteiger partial charge in [-0.1, -0.05) is 30.3 Å². The molecule has 3 heterocycles. The Morgan fingerprint density at radius 3 is 2.81 bits per heavy atom. The zero-order chi connectivity index (χ0) is 22.5. The molecule has 4 rings (SSSR count). The van der Waals surface area contributed by atoms with Crippen LogP contribution in [0.3, 0.4) is 0 Å². The number of anilines is 1. The Hall–Kier alpha value is -2.57. The number of carbonyl (C=O) groups excluding carboxylic acids is 1. The van der Waals surface area contributed by atoms with Crippen LogP contribution in [0.4, 0.5) is 5.82 Å². The van der Waals surface area contributed by atoms with Crippen molar-refractivity contribution in [1.82, 2.24) is 19.5 Å². The van der Waals surface area contributed by atoms with Crippen molar-refractivity contribution < 1.29 is 19.7 Å². The van der Waals surface area contributed by atoms with E-state index in [1.807, 2.05) is 30.3 Å². The predicted octanol–water partition coefficient (Wildman–Crippen LogP) is 0.707. The van der Waals surface area contributed by atoms with Crippen molar-refractivity contribution >= 4 is 35.0 Å². The number of carbonyl (C=O) groups is 1. The number of fused-ring (bicyclic) bond motifs is 1. The molecule has 0 radical (unpaired) electrons. The third-order valence-corrected chi connectivity index (χ3v) is 6.41. The summed E-state index contributed by atoms with van der Waals surface area (Å²) >= 11 is 1.51. The van der Waals surface area contributed by atoms with Gasteiger partial charge in [0.05, 0.1) is 18.5 Å². The predicted molar refractivity (Wildman–Crippen MR) is 121 cm³/mol. The van der Waals surface area contributed by atoms with Gasteiger partial charge in [-0.05, 0) is 17.7 Å². The molecule has 3 aromatic rings. The molecule has 1 saturated heterocycles. The second kappa shape index (κ2) is 10.4. The molecule has 2 aromatic heterocycles. The number of nitrogens with one attached hydrogen (secondary N) is 1. The Bertz CT molecular complexity index is 1040. The van der Waals surface area contributed by atoms with Crippen LogP contribution in [0.25, 0.3) is 11.2 Å². The molecular formula is C21H26N6O4S. The lowest BCUT2D eigenvalue weighted by molar-refractivity contribution is -0.108. The number of ether oxygens (including phenoxy) is 1. The van der Waals surface area contributed by atoms with Gasteiger partial charge in [-0.2, -0.15) is 11.8 Å². The monoisotopic (exact) mass is 458 g/mol. The minimum Gasteiger partial charge on any atom is -0.387 e. The topological polar surface area (TPSA) is 148 Å². The molecule has 0 aliphatic carbocycles.